The van der Waals surface area contributed by atoms with E-state index in [4.69, 9.17) is 9.47 Å². The lowest BCUT2D eigenvalue weighted by Gasteiger charge is -2.19. The van der Waals surface area contributed by atoms with Gasteiger partial charge in [0.15, 0.2) is 0 Å². The summed E-state index contributed by atoms with van der Waals surface area (Å²) in [5.74, 6) is -1.44. The number of hydrogen-bond donors (Lipinski definition) is 2. The largest absolute Gasteiger partial charge is 0.461 e. The highest BCUT2D eigenvalue weighted by molar-refractivity contribution is 5.91. The van der Waals surface area contributed by atoms with Gasteiger partial charge in [0.05, 0.1) is 13.1 Å². The van der Waals surface area contributed by atoms with Crippen molar-refractivity contribution < 1.29 is 28.7 Å². The summed E-state index contributed by atoms with van der Waals surface area (Å²) in [5.41, 5.74) is 0. The molecule has 0 aliphatic carbocycles. The van der Waals surface area contributed by atoms with E-state index >= 15 is 0 Å². The average Bonchev–Trinajstić information content (AvgIpc) is 2.68. The van der Waals surface area contributed by atoms with Crippen molar-refractivity contribution in [3.8, 4) is 0 Å². The van der Waals surface area contributed by atoms with E-state index in [1.54, 1.807) is 9.80 Å². The molecule has 0 aromatic heterocycles. The number of urea groups is 2. The van der Waals surface area contributed by atoms with Crippen molar-refractivity contribution in [1.29, 1.82) is 0 Å². The number of esters is 2. The van der Waals surface area contributed by atoms with Crippen molar-refractivity contribution in [2.24, 2.45) is 0 Å². The Hall–Kier alpha value is -2.78. The molecule has 0 bridgehead atoms. The molecule has 4 amide bonds. The summed E-state index contributed by atoms with van der Waals surface area (Å²) in [6, 6.07) is -0.457. The summed E-state index contributed by atoms with van der Waals surface area (Å²) in [6.45, 7) is 10.1. The van der Waals surface area contributed by atoms with Crippen LogP contribution in [0.2, 0.25) is 0 Å². The van der Waals surface area contributed by atoms with E-state index in [0.717, 1.165) is 12.2 Å². The van der Waals surface area contributed by atoms with E-state index in [2.05, 4.69) is 10.6 Å². The lowest BCUT2D eigenvalue weighted by Crippen LogP contribution is -2.41. The van der Waals surface area contributed by atoms with Crippen LogP contribution in [-0.2, 0) is 19.1 Å². The molecule has 0 fully saturated rings. The van der Waals surface area contributed by atoms with Crippen molar-refractivity contribution in [1.82, 2.24) is 20.4 Å². The van der Waals surface area contributed by atoms with Crippen LogP contribution in [0.15, 0.2) is 12.2 Å². The monoisotopic (exact) mass is 400 g/mol. The third-order valence-corrected chi connectivity index (χ3v) is 3.70. The van der Waals surface area contributed by atoms with Crippen LogP contribution in [0, 0.1) is 0 Å². The number of nitrogens with one attached hydrogen (secondary N) is 2. The van der Waals surface area contributed by atoms with Gasteiger partial charge in [-0.15, -0.1) is 0 Å². The summed E-state index contributed by atoms with van der Waals surface area (Å²) < 4.78 is 9.74. The number of carbonyl (C=O) groups excluding carboxylic acids is 4. The highest BCUT2D eigenvalue weighted by atomic mass is 16.5. The standard InChI is InChI=1S/C18H32N4O6/c1-5-21(6-2)17(25)19-11-13-27-15(23)9-10-16(24)28-14-12-20-18(26)22(7-3)8-4/h9-10H,5-8,11-14H2,1-4H3,(H,19,25)(H,20,26)/b10-9+. The molecule has 0 aromatic carbocycles. The number of ether oxygens (including phenoxy) is 2. The fourth-order valence-corrected chi connectivity index (χ4v) is 2.10. The Morgan fingerprint density at radius 3 is 1.29 bits per heavy atom. The zero-order chi connectivity index (χ0) is 21.4. The maximum atomic E-state index is 11.7. The lowest BCUT2D eigenvalue weighted by molar-refractivity contribution is -0.140. The fourth-order valence-electron chi connectivity index (χ4n) is 2.10. The Kier molecular flexibility index (Phi) is 13.8. The van der Waals surface area contributed by atoms with Crippen LogP contribution in [0.3, 0.4) is 0 Å². The minimum Gasteiger partial charge on any atom is -0.461 e. The van der Waals surface area contributed by atoms with Gasteiger partial charge in [0.1, 0.15) is 13.2 Å². The SMILES string of the molecule is CCN(CC)C(=O)NCCOC(=O)/C=C/C(=O)OCCNC(=O)N(CC)CC. The van der Waals surface area contributed by atoms with Gasteiger partial charge in [-0.1, -0.05) is 0 Å². The van der Waals surface area contributed by atoms with Gasteiger partial charge >= 0.3 is 24.0 Å². The first-order valence-electron chi connectivity index (χ1n) is 9.46. The molecule has 0 spiro atoms. The normalized spacial score (nSPS) is 10.3. The summed E-state index contributed by atoms with van der Waals surface area (Å²) in [7, 11) is 0. The molecule has 0 aliphatic rings. The van der Waals surface area contributed by atoms with Gasteiger partial charge in [-0.25, -0.2) is 19.2 Å². The zero-order valence-corrected chi connectivity index (χ0v) is 17.2. The van der Waals surface area contributed by atoms with E-state index < -0.39 is 11.9 Å². The van der Waals surface area contributed by atoms with Crippen molar-refractivity contribution in [3.63, 3.8) is 0 Å². The first kappa shape index (κ1) is 25.2. The van der Waals surface area contributed by atoms with Crippen LogP contribution in [0.25, 0.3) is 0 Å². The molecule has 0 atom stereocenters. The molecule has 0 aliphatic heterocycles. The van der Waals surface area contributed by atoms with Gasteiger partial charge < -0.3 is 29.9 Å². The Morgan fingerprint density at radius 2 is 1.00 bits per heavy atom. The van der Waals surface area contributed by atoms with Gasteiger partial charge in [0.2, 0.25) is 0 Å². The first-order chi connectivity index (χ1) is 13.4. The second-order valence-corrected chi connectivity index (χ2v) is 5.48. The molecule has 0 rings (SSSR count). The molecule has 0 saturated carbocycles. The molecule has 0 unspecified atom stereocenters. The second kappa shape index (κ2) is 15.3. The maximum Gasteiger partial charge on any atom is 0.331 e. The highest BCUT2D eigenvalue weighted by Crippen LogP contribution is 1.90. The number of hydrogen-bond acceptors (Lipinski definition) is 6. The molecule has 28 heavy (non-hydrogen) atoms. The Bertz CT molecular complexity index is 484. The van der Waals surface area contributed by atoms with Gasteiger partial charge in [0.25, 0.3) is 0 Å². The van der Waals surface area contributed by atoms with Crippen molar-refractivity contribution in [3.05, 3.63) is 12.2 Å². The van der Waals surface area contributed by atoms with E-state index in [-0.39, 0.29) is 38.4 Å². The Balaban J connectivity index is 3.92. The number of rotatable bonds is 12. The van der Waals surface area contributed by atoms with E-state index in [1.165, 1.54) is 0 Å². The van der Waals surface area contributed by atoms with E-state index in [9.17, 15) is 19.2 Å². The van der Waals surface area contributed by atoms with Crippen molar-refractivity contribution in [2.75, 3.05) is 52.5 Å². The molecule has 10 nitrogen and oxygen atoms in total. The Labute approximate surface area is 166 Å². The highest BCUT2D eigenvalue weighted by Gasteiger charge is 2.09. The van der Waals surface area contributed by atoms with Gasteiger partial charge in [-0.3, -0.25) is 0 Å². The number of nitrogens with zero attached hydrogens (tertiary/aromatic N) is 2. The number of carbonyl (C=O) groups is 4. The average molecular weight is 400 g/mol. The van der Waals surface area contributed by atoms with Crippen LogP contribution in [-0.4, -0.2) is 86.3 Å². The molecule has 10 heteroatoms. The summed E-state index contributed by atoms with van der Waals surface area (Å²) in [6.07, 6.45) is 1.89. The van der Waals surface area contributed by atoms with Crippen LogP contribution >= 0.6 is 0 Å². The summed E-state index contributed by atoms with van der Waals surface area (Å²) >= 11 is 0. The third-order valence-electron chi connectivity index (χ3n) is 3.70. The van der Waals surface area contributed by atoms with E-state index in [1.807, 2.05) is 27.7 Å². The second-order valence-electron chi connectivity index (χ2n) is 5.48. The quantitative estimate of drug-likeness (QED) is 0.283. The third kappa shape index (κ3) is 11.0. The van der Waals surface area contributed by atoms with Gasteiger partial charge in [-0.2, -0.15) is 0 Å². The van der Waals surface area contributed by atoms with Crippen LogP contribution in [0.5, 0.6) is 0 Å². The molecular formula is C18H32N4O6. The first-order valence-corrected chi connectivity index (χ1v) is 9.46. The predicted octanol–water partition coefficient (Wildman–Crippen LogP) is 0.732. The minimum absolute atomic E-state index is 0.0113. The van der Waals surface area contributed by atoms with Crippen LogP contribution in [0.4, 0.5) is 9.59 Å². The maximum absolute atomic E-state index is 11.7. The smallest absolute Gasteiger partial charge is 0.331 e. The molecular weight excluding hydrogens is 368 g/mol. The topological polar surface area (TPSA) is 117 Å². The molecule has 0 aromatic rings. The van der Waals surface area contributed by atoms with Crippen molar-refractivity contribution >= 4 is 24.0 Å². The molecule has 0 heterocycles. The molecule has 2 N–H and O–H groups in total. The lowest BCUT2D eigenvalue weighted by atomic mass is 10.5. The molecule has 0 radical (unpaired) electrons. The predicted molar refractivity (Wildman–Crippen MR) is 104 cm³/mol. The zero-order valence-electron chi connectivity index (χ0n) is 17.2. The van der Waals surface area contributed by atoms with Gasteiger partial charge in [0, 0.05) is 38.3 Å². The summed E-state index contributed by atoms with van der Waals surface area (Å²) in [5, 5.41) is 5.24. The van der Waals surface area contributed by atoms with Crippen LogP contribution < -0.4 is 10.6 Å². The van der Waals surface area contributed by atoms with Crippen LogP contribution in [0.1, 0.15) is 27.7 Å². The van der Waals surface area contributed by atoms with E-state index in [0.29, 0.717) is 26.2 Å². The Morgan fingerprint density at radius 1 is 0.679 bits per heavy atom. The molecule has 0 saturated heterocycles. The molecule has 160 valence electrons. The van der Waals surface area contributed by atoms with Crippen molar-refractivity contribution in [2.45, 2.75) is 27.7 Å². The number of amides is 4. The minimum atomic E-state index is -0.719. The summed E-state index contributed by atoms with van der Waals surface area (Å²) in [4.78, 5) is 49.5. The van der Waals surface area contributed by atoms with Gasteiger partial charge in [-0.05, 0) is 27.7 Å². The fraction of sp³-hybridized carbons (Fsp3) is 0.667.